The Morgan fingerprint density at radius 2 is 2.26 bits per heavy atom. The molecule has 1 saturated heterocycles. The number of rotatable bonds is 2. The highest BCUT2D eigenvalue weighted by Gasteiger charge is 2.24. The molecule has 102 valence electrons. The lowest BCUT2D eigenvalue weighted by molar-refractivity contribution is 0.0701. The number of hydrogen-bond donors (Lipinski definition) is 1. The molecule has 0 bridgehead atoms. The fraction of sp³-hybridized carbons (Fsp3) is 0.500. The summed E-state index contributed by atoms with van der Waals surface area (Å²) in [4.78, 5) is 14.4. The Labute approximate surface area is 112 Å². The highest BCUT2D eigenvalue weighted by Crippen LogP contribution is 2.32. The van der Waals surface area contributed by atoms with E-state index in [1.807, 2.05) is 4.90 Å². The van der Waals surface area contributed by atoms with Gasteiger partial charge >= 0.3 is 0 Å². The number of carbonyl (C=O) groups is 1. The van der Waals surface area contributed by atoms with Crippen LogP contribution in [0.4, 0.5) is 0 Å². The SMILES string of the molecule is CC[C@H]1CN(C(=O)c2ccc3c(c2)OCO3)CCN1. The van der Waals surface area contributed by atoms with Gasteiger partial charge in [-0.3, -0.25) is 4.79 Å². The van der Waals surface area contributed by atoms with Gasteiger partial charge in [0.2, 0.25) is 6.79 Å². The van der Waals surface area contributed by atoms with Gasteiger partial charge in [0.25, 0.3) is 5.91 Å². The van der Waals surface area contributed by atoms with Crippen molar-refractivity contribution in [1.29, 1.82) is 0 Å². The van der Waals surface area contributed by atoms with Crippen molar-refractivity contribution >= 4 is 5.91 Å². The second-order valence-corrected chi connectivity index (χ2v) is 4.88. The summed E-state index contributed by atoms with van der Waals surface area (Å²) < 4.78 is 10.6. The molecular weight excluding hydrogens is 244 g/mol. The van der Waals surface area contributed by atoms with Gasteiger partial charge in [0, 0.05) is 31.2 Å². The maximum atomic E-state index is 12.5. The van der Waals surface area contributed by atoms with Crippen LogP contribution in [0.5, 0.6) is 11.5 Å². The van der Waals surface area contributed by atoms with Crippen molar-refractivity contribution in [1.82, 2.24) is 10.2 Å². The first kappa shape index (κ1) is 12.3. The summed E-state index contributed by atoms with van der Waals surface area (Å²) in [6.07, 6.45) is 1.03. The second-order valence-electron chi connectivity index (χ2n) is 4.88. The minimum absolute atomic E-state index is 0.0678. The zero-order chi connectivity index (χ0) is 13.2. The smallest absolute Gasteiger partial charge is 0.254 e. The molecule has 0 saturated carbocycles. The zero-order valence-corrected chi connectivity index (χ0v) is 11.0. The first-order valence-electron chi connectivity index (χ1n) is 6.70. The van der Waals surface area contributed by atoms with Crippen molar-refractivity contribution in [3.63, 3.8) is 0 Å². The van der Waals surface area contributed by atoms with Crippen molar-refractivity contribution in [2.45, 2.75) is 19.4 Å². The Morgan fingerprint density at radius 3 is 3.11 bits per heavy atom. The standard InChI is InChI=1S/C14H18N2O3/c1-2-11-8-16(6-5-15-11)14(17)10-3-4-12-13(7-10)19-9-18-12/h3-4,7,11,15H,2,5-6,8-9H2,1H3/t11-/m0/s1. The summed E-state index contributed by atoms with van der Waals surface area (Å²) >= 11 is 0. The maximum Gasteiger partial charge on any atom is 0.254 e. The average molecular weight is 262 g/mol. The van der Waals surface area contributed by atoms with Crippen molar-refractivity contribution < 1.29 is 14.3 Å². The molecule has 1 N–H and O–H groups in total. The van der Waals surface area contributed by atoms with E-state index in [0.29, 0.717) is 23.1 Å². The molecule has 0 spiro atoms. The summed E-state index contributed by atoms with van der Waals surface area (Å²) in [5.74, 6) is 1.44. The van der Waals surface area contributed by atoms with Crippen LogP contribution in [0.2, 0.25) is 0 Å². The Hall–Kier alpha value is -1.75. The molecule has 0 aromatic heterocycles. The summed E-state index contributed by atoms with van der Waals surface area (Å²) in [6, 6.07) is 5.77. The van der Waals surface area contributed by atoms with Gasteiger partial charge in [-0.1, -0.05) is 6.92 Å². The minimum Gasteiger partial charge on any atom is -0.454 e. The number of fused-ring (bicyclic) bond motifs is 1. The molecule has 1 aromatic carbocycles. The molecule has 2 aliphatic rings. The van der Waals surface area contributed by atoms with Crippen LogP contribution in [0.15, 0.2) is 18.2 Å². The third-order valence-corrected chi connectivity index (χ3v) is 3.66. The molecular formula is C14H18N2O3. The topological polar surface area (TPSA) is 50.8 Å². The number of carbonyl (C=O) groups excluding carboxylic acids is 1. The monoisotopic (exact) mass is 262 g/mol. The van der Waals surface area contributed by atoms with Crippen LogP contribution in [0.3, 0.4) is 0 Å². The van der Waals surface area contributed by atoms with Gasteiger partial charge in [0.1, 0.15) is 0 Å². The third kappa shape index (κ3) is 2.38. The number of piperazine rings is 1. The van der Waals surface area contributed by atoms with E-state index in [4.69, 9.17) is 9.47 Å². The Balaban J connectivity index is 1.76. The largest absolute Gasteiger partial charge is 0.454 e. The van der Waals surface area contributed by atoms with E-state index >= 15 is 0 Å². The zero-order valence-electron chi connectivity index (χ0n) is 11.0. The molecule has 5 heteroatoms. The molecule has 19 heavy (non-hydrogen) atoms. The van der Waals surface area contributed by atoms with Crippen LogP contribution in [-0.4, -0.2) is 43.3 Å². The highest BCUT2D eigenvalue weighted by atomic mass is 16.7. The number of benzene rings is 1. The summed E-state index contributed by atoms with van der Waals surface area (Å²) in [5.41, 5.74) is 0.668. The van der Waals surface area contributed by atoms with Gasteiger partial charge < -0.3 is 19.7 Å². The third-order valence-electron chi connectivity index (χ3n) is 3.66. The highest BCUT2D eigenvalue weighted by molar-refractivity contribution is 5.95. The van der Waals surface area contributed by atoms with Gasteiger partial charge in [-0.25, -0.2) is 0 Å². The number of nitrogens with one attached hydrogen (secondary N) is 1. The van der Waals surface area contributed by atoms with Gasteiger partial charge in [0.15, 0.2) is 11.5 Å². The van der Waals surface area contributed by atoms with Crippen LogP contribution in [0, 0.1) is 0 Å². The Kier molecular flexibility index (Phi) is 3.29. The molecule has 1 aromatic rings. The average Bonchev–Trinajstić information content (AvgIpc) is 2.94. The molecule has 0 radical (unpaired) electrons. The quantitative estimate of drug-likeness (QED) is 0.871. The van der Waals surface area contributed by atoms with Crippen LogP contribution >= 0.6 is 0 Å². The summed E-state index contributed by atoms with van der Waals surface area (Å²) in [7, 11) is 0. The van der Waals surface area contributed by atoms with Crippen molar-refractivity contribution in [2.24, 2.45) is 0 Å². The van der Waals surface area contributed by atoms with Gasteiger partial charge in [-0.05, 0) is 24.6 Å². The van der Waals surface area contributed by atoms with Crippen LogP contribution in [-0.2, 0) is 0 Å². The van der Waals surface area contributed by atoms with Crippen LogP contribution < -0.4 is 14.8 Å². The van der Waals surface area contributed by atoms with E-state index in [9.17, 15) is 4.79 Å². The Bertz CT molecular complexity index is 490. The molecule has 5 nitrogen and oxygen atoms in total. The van der Waals surface area contributed by atoms with Crippen LogP contribution in [0.1, 0.15) is 23.7 Å². The van der Waals surface area contributed by atoms with Crippen molar-refractivity contribution in [3.05, 3.63) is 23.8 Å². The lowest BCUT2D eigenvalue weighted by Gasteiger charge is -2.33. The van der Waals surface area contributed by atoms with E-state index in [-0.39, 0.29) is 12.7 Å². The van der Waals surface area contributed by atoms with Gasteiger partial charge in [-0.2, -0.15) is 0 Å². The summed E-state index contributed by atoms with van der Waals surface area (Å²) in [6.45, 7) is 4.74. The number of hydrogen-bond acceptors (Lipinski definition) is 4. The molecule has 1 fully saturated rings. The normalized spacial score (nSPS) is 21.5. The van der Waals surface area contributed by atoms with Gasteiger partial charge in [-0.15, -0.1) is 0 Å². The molecule has 2 aliphatic heterocycles. The number of ether oxygens (including phenoxy) is 2. The van der Waals surface area contributed by atoms with E-state index < -0.39 is 0 Å². The molecule has 2 heterocycles. The van der Waals surface area contributed by atoms with Gasteiger partial charge in [0.05, 0.1) is 0 Å². The predicted molar refractivity (Wildman–Crippen MR) is 70.6 cm³/mol. The molecule has 0 aliphatic carbocycles. The van der Waals surface area contributed by atoms with Crippen LogP contribution in [0.25, 0.3) is 0 Å². The van der Waals surface area contributed by atoms with Crippen molar-refractivity contribution in [3.8, 4) is 11.5 Å². The number of nitrogens with zero attached hydrogens (tertiary/aromatic N) is 1. The molecule has 1 amide bonds. The molecule has 1 atom stereocenters. The minimum atomic E-state index is 0.0678. The predicted octanol–water partition coefficient (Wildman–Crippen LogP) is 1.24. The lowest BCUT2D eigenvalue weighted by Crippen LogP contribution is -2.52. The summed E-state index contributed by atoms with van der Waals surface area (Å²) in [5, 5.41) is 3.41. The first-order chi connectivity index (χ1) is 9.28. The van der Waals surface area contributed by atoms with E-state index in [1.165, 1.54) is 0 Å². The van der Waals surface area contributed by atoms with E-state index in [0.717, 1.165) is 26.1 Å². The van der Waals surface area contributed by atoms with E-state index in [1.54, 1.807) is 18.2 Å². The lowest BCUT2D eigenvalue weighted by atomic mass is 10.1. The van der Waals surface area contributed by atoms with Crippen molar-refractivity contribution in [2.75, 3.05) is 26.4 Å². The first-order valence-corrected chi connectivity index (χ1v) is 6.70. The fourth-order valence-electron chi connectivity index (χ4n) is 2.50. The molecule has 3 rings (SSSR count). The fourth-order valence-corrected chi connectivity index (χ4v) is 2.50. The molecule has 0 unspecified atom stereocenters. The Morgan fingerprint density at radius 1 is 1.42 bits per heavy atom. The maximum absolute atomic E-state index is 12.5. The second kappa shape index (κ2) is 5.09. The number of amides is 1. The van der Waals surface area contributed by atoms with E-state index in [2.05, 4.69) is 12.2 Å².